The first-order valence-corrected chi connectivity index (χ1v) is 29.3. The zero-order valence-electron chi connectivity index (χ0n) is 45.6. The maximum atomic E-state index is 2.54. The standard InChI is InChI=1S/C78H58N4/c1-9-26-69-61(18-1)62-19-2-10-27-70(62)79(69)57-42-34-53(35-43-57)77(54-36-44-58(45-37-54)80-71-28-11-3-20-63(71)64-21-4-12-29-72(64)80)50-17-51-78(52-77,55-38-46-59(47-39-55)81-73-30-13-5-22-65(73)66-23-6-14-31-74(66)81)56-40-48-60(49-41-56)82-75-32-15-7-24-67(75)68-25-8-16-33-76(68)82/h1-15,18-32,34-49H,16-17,33,50-52H2. The minimum Gasteiger partial charge on any atom is -0.313 e. The van der Waals surface area contributed by atoms with Crippen molar-refractivity contribution < 1.29 is 0 Å². The van der Waals surface area contributed by atoms with E-state index in [0.717, 1.165) is 38.5 Å². The van der Waals surface area contributed by atoms with Gasteiger partial charge in [-0.05, 0) is 145 Å². The van der Waals surface area contributed by atoms with Crippen molar-refractivity contribution in [3.8, 4) is 22.7 Å². The van der Waals surface area contributed by atoms with Gasteiger partial charge in [0.2, 0.25) is 0 Å². The van der Waals surface area contributed by atoms with E-state index in [4.69, 9.17) is 0 Å². The molecule has 4 heteroatoms. The minimum atomic E-state index is -0.358. The predicted octanol–water partition coefficient (Wildman–Crippen LogP) is 19.7. The Morgan fingerprint density at radius 1 is 0.268 bits per heavy atom. The van der Waals surface area contributed by atoms with Gasteiger partial charge in [-0.2, -0.15) is 0 Å². The Morgan fingerprint density at radius 2 is 0.537 bits per heavy atom. The van der Waals surface area contributed by atoms with Crippen LogP contribution in [-0.4, -0.2) is 18.3 Å². The minimum absolute atomic E-state index is 0.353. The molecule has 17 rings (SSSR count). The molecule has 0 spiro atoms. The topological polar surface area (TPSA) is 19.7 Å². The highest BCUT2D eigenvalue weighted by atomic mass is 15.0. The lowest BCUT2D eigenvalue weighted by Gasteiger charge is -2.50. The van der Waals surface area contributed by atoms with E-state index in [1.807, 2.05) is 0 Å². The fourth-order valence-electron chi connectivity index (χ4n) is 15.5. The smallest absolute Gasteiger partial charge is 0.0541 e. The zero-order valence-corrected chi connectivity index (χ0v) is 45.6. The van der Waals surface area contributed by atoms with Gasteiger partial charge in [-0.25, -0.2) is 0 Å². The largest absolute Gasteiger partial charge is 0.313 e. The van der Waals surface area contributed by atoms with Crippen LogP contribution in [0.2, 0.25) is 0 Å². The third-order valence-electron chi connectivity index (χ3n) is 19.1. The second-order valence-electron chi connectivity index (χ2n) is 23.1. The van der Waals surface area contributed by atoms with Crippen molar-refractivity contribution in [2.75, 3.05) is 0 Å². The maximum absolute atomic E-state index is 2.54. The van der Waals surface area contributed by atoms with Crippen molar-refractivity contribution in [1.29, 1.82) is 0 Å². The summed E-state index contributed by atoms with van der Waals surface area (Å²) >= 11 is 0. The second-order valence-corrected chi connectivity index (χ2v) is 23.1. The number of fused-ring (bicyclic) bond motifs is 12. The average molecular weight is 1050 g/mol. The monoisotopic (exact) mass is 1050 g/mol. The Labute approximate surface area is 476 Å². The number of hydrogen-bond acceptors (Lipinski definition) is 0. The quantitative estimate of drug-likeness (QED) is 0.145. The Morgan fingerprint density at radius 3 is 0.854 bits per heavy atom. The van der Waals surface area contributed by atoms with Gasteiger partial charge >= 0.3 is 0 Å². The Kier molecular flexibility index (Phi) is 10.5. The first-order valence-electron chi connectivity index (χ1n) is 29.3. The summed E-state index contributed by atoms with van der Waals surface area (Å²) in [7, 11) is 0. The van der Waals surface area contributed by atoms with Crippen molar-refractivity contribution in [3.63, 3.8) is 0 Å². The molecule has 2 aliphatic carbocycles. The molecule has 4 nitrogen and oxygen atoms in total. The van der Waals surface area contributed by atoms with Crippen molar-refractivity contribution >= 4 is 82.4 Å². The third kappa shape index (κ3) is 6.91. The molecule has 0 aliphatic heterocycles. The van der Waals surface area contributed by atoms with Crippen molar-refractivity contribution in [3.05, 3.63) is 307 Å². The number of aromatic nitrogens is 4. The normalized spacial score (nSPS) is 16.1. The van der Waals surface area contributed by atoms with E-state index < -0.39 is 0 Å². The molecule has 0 N–H and O–H groups in total. The lowest BCUT2D eigenvalue weighted by Crippen LogP contribution is -2.43. The number of allylic oxidation sites excluding steroid dienone is 1. The molecule has 82 heavy (non-hydrogen) atoms. The number of hydrogen-bond donors (Lipinski definition) is 0. The van der Waals surface area contributed by atoms with Crippen LogP contribution in [0, 0.1) is 0 Å². The van der Waals surface area contributed by atoms with Gasteiger partial charge in [-0.1, -0.05) is 194 Å². The van der Waals surface area contributed by atoms with Crippen LogP contribution in [-0.2, 0) is 17.3 Å². The van der Waals surface area contributed by atoms with Gasteiger partial charge in [-0.15, -0.1) is 0 Å². The molecule has 0 radical (unpaired) electrons. The molecule has 1 saturated carbocycles. The molecule has 11 aromatic carbocycles. The van der Waals surface area contributed by atoms with E-state index >= 15 is 0 Å². The van der Waals surface area contributed by atoms with Crippen LogP contribution in [0.4, 0.5) is 0 Å². The number of rotatable bonds is 8. The summed E-state index contributed by atoms with van der Waals surface area (Å²) in [4.78, 5) is 0. The van der Waals surface area contributed by atoms with Gasteiger partial charge in [0.15, 0.2) is 0 Å². The molecular formula is C78H58N4. The fourth-order valence-corrected chi connectivity index (χ4v) is 15.5. The first-order chi connectivity index (χ1) is 40.6. The number of nitrogens with zero attached hydrogens (tertiary/aromatic N) is 4. The van der Waals surface area contributed by atoms with E-state index in [9.17, 15) is 0 Å². The van der Waals surface area contributed by atoms with Crippen LogP contribution in [0.15, 0.2) is 273 Å². The Hall–Kier alpha value is -9.90. The molecule has 1 atom stereocenters. The van der Waals surface area contributed by atoms with Gasteiger partial charge in [0, 0.05) is 82.5 Å². The van der Waals surface area contributed by atoms with Crippen molar-refractivity contribution in [1.82, 2.24) is 18.3 Å². The SMILES string of the molecule is C1=Cc2c(n(-c3ccc(C4(c5ccc(-n6c7ccccc7c7ccccc76)cc5)CCCC(c5ccc(-n6c7ccccc7c7ccccc76)cc5)(c5ccc(-n6c7ccccc7c7ccccc76)cc5)C4)cc3)c3ccccc23)CC1. The van der Waals surface area contributed by atoms with Crippen molar-refractivity contribution in [2.45, 2.75) is 49.4 Å². The average Bonchev–Trinajstić information content (AvgIpc) is 2.75. The van der Waals surface area contributed by atoms with E-state index in [0.29, 0.717) is 0 Å². The summed E-state index contributed by atoms with van der Waals surface area (Å²) in [5.41, 5.74) is 20.8. The summed E-state index contributed by atoms with van der Waals surface area (Å²) < 4.78 is 9.90. The third-order valence-corrected chi connectivity index (χ3v) is 19.1. The molecule has 0 bridgehead atoms. The lowest BCUT2D eigenvalue weighted by molar-refractivity contribution is 0.247. The molecule has 390 valence electrons. The molecule has 1 fully saturated rings. The lowest BCUT2D eigenvalue weighted by atomic mass is 9.53. The first kappa shape index (κ1) is 47.0. The van der Waals surface area contributed by atoms with Crippen LogP contribution >= 0.6 is 0 Å². The van der Waals surface area contributed by atoms with Gasteiger partial charge < -0.3 is 18.3 Å². The summed E-state index contributed by atoms with van der Waals surface area (Å²) in [5, 5.41) is 8.97. The molecule has 0 saturated heterocycles. The zero-order chi connectivity index (χ0) is 53.9. The molecule has 15 aromatic rings. The van der Waals surface area contributed by atoms with Gasteiger partial charge in [0.1, 0.15) is 0 Å². The van der Waals surface area contributed by atoms with Crippen molar-refractivity contribution in [2.24, 2.45) is 0 Å². The van der Waals surface area contributed by atoms with E-state index in [1.54, 1.807) is 0 Å². The summed E-state index contributed by atoms with van der Waals surface area (Å²) in [5.74, 6) is 0. The molecular weight excluding hydrogens is 993 g/mol. The van der Waals surface area contributed by atoms with Gasteiger partial charge in [0.05, 0.1) is 38.6 Å². The summed E-state index contributed by atoms with van der Waals surface area (Å²) in [6, 6.07) is 101. The molecule has 4 aromatic heterocycles. The van der Waals surface area contributed by atoms with Crippen LogP contribution < -0.4 is 0 Å². The molecule has 0 amide bonds. The van der Waals surface area contributed by atoms with E-state index in [2.05, 4.69) is 297 Å². The highest BCUT2D eigenvalue weighted by Gasteiger charge is 2.49. The van der Waals surface area contributed by atoms with E-state index in [-0.39, 0.29) is 10.8 Å². The van der Waals surface area contributed by atoms with Gasteiger partial charge in [0.25, 0.3) is 0 Å². The molecule has 2 aliphatic rings. The van der Waals surface area contributed by atoms with E-state index in [1.165, 1.54) is 133 Å². The van der Waals surface area contributed by atoms with Crippen LogP contribution in [0.3, 0.4) is 0 Å². The van der Waals surface area contributed by atoms with Gasteiger partial charge in [-0.3, -0.25) is 0 Å². The maximum Gasteiger partial charge on any atom is 0.0541 e. The second kappa shape index (κ2) is 18.3. The predicted molar refractivity (Wildman–Crippen MR) is 343 cm³/mol. The molecule has 4 heterocycles. The number of para-hydroxylation sites is 7. The summed E-state index contributed by atoms with van der Waals surface area (Å²) in [6.07, 6.45) is 10.7. The summed E-state index contributed by atoms with van der Waals surface area (Å²) in [6.45, 7) is 0. The Balaban J connectivity index is 0.862. The number of benzene rings is 11. The van der Waals surface area contributed by atoms with Crippen LogP contribution in [0.25, 0.3) is 105 Å². The molecule has 1 unspecified atom stereocenters. The van der Waals surface area contributed by atoms with Crippen LogP contribution in [0.1, 0.15) is 65.6 Å². The Bertz CT molecular complexity index is 4700. The fraction of sp³-hybridized carbons (Fsp3) is 0.103. The van der Waals surface area contributed by atoms with Crippen LogP contribution in [0.5, 0.6) is 0 Å². The highest BCUT2D eigenvalue weighted by molar-refractivity contribution is 6.11. The highest BCUT2D eigenvalue weighted by Crippen LogP contribution is 2.56.